The fraction of sp³-hybridized carbons (Fsp3) is 0.438. The largest absolute Gasteiger partial charge is 0.497 e. The lowest BCUT2D eigenvalue weighted by Crippen LogP contribution is -2.40. The minimum Gasteiger partial charge on any atom is -0.497 e. The number of ether oxygens (including phenoxy) is 1. The molecule has 0 heterocycles. The van der Waals surface area contributed by atoms with E-state index in [0.29, 0.717) is 6.54 Å². The monoisotopic (exact) mass is 275 g/mol. The van der Waals surface area contributed by atoms with Gasteiger partial charge in [-0.3, -0.25) is 4.79 Å². The number of hydrogen-bond donors (Lipinski definition) is 2. The maximum atomic E-state index is 11.7. The van der Waals surface area contributed by atoms with E-state index < -0.39 is 5.60 Å². The number of hydrogen-bond acceptors (Lipinski definition) is 3. The Balaban J connectivity index is 1.85. The van der Waals surface area contributed by atoms with E-state index in [1.165, 1.54) is 6.08 Å². The Bertz CT molecular complexity index is 490. The molecule has 4 heteroatoms. The summed E-state index contributed by atoms with van der Waals surface area (Å²) >= 11 is 0. The first-order chi connectivity index (χ1) is 9.61. The highest BCUT2D eigenvalue weighted by molar-refractivity contribution is 5.91. The number of carbonyl (C=O) groups is 1. The van der Waals surface area contributed by atoms with E-state index >= 15 is 0 Å². The minimum atomic E-state index is -0.709. The van der Waals surface area contributed by atoms with Crippen molar-refractivity contribution in [3.05, 3.63) is 35.9 Å². The summed E-state index contributed by atoms with van der Waals surface area (Å²) in [5, 5.41) is 12.9. The molecule has 1 fully saturated rings. The lowest BCUT2D eigenvalue weighted by atomic mass is 10.0. The maximum Gasteiger partial charge on any atom is 0.244 e. The Morgan fingerprint density at radius 2 is 2.20 bits per heavy atom. The Labute approximate surface area is 119 Å². The van der Waals surface area contributed by atoms with E-state index in [9.17, 15) is 9.90 Å². The van der Waals surface area contributed by atoms with Crippen LogP contribution in [0.5, 0.6) is 5.75 Å². The van der Waals surface area contributed by atoms with Crippen LogP contribution >= 0.6 is 0 Å². The molecule has 20 heavy (non-hydrogen) atoms. The highest BCUT2D eigenvalue weighted by Gasteiger charge is 2.30. The van der Waals surface area contributed by atoms with Crippen LogP contribution in [-0.4, -0.2) is 30.3 Å². The molecular formula is C16H21NO3. The van der Waals surface area contributed by atoms with Gasteiger partial charge in [0.05, 0.1) is 12.7 Å². The fourth-order valence-electron chi connectivity index (χ4n) is 2.44. The van der Waals surface area contributed by atoms with Gasteiger partial charge < -0.3 is 15.2 Å². The summed E-state index contributed by atoms with van der Waals surface area (Å²) in [5.41, 5.74) is 0.193. The summed E-state index contributed by atoms with van der Waals surface area (Å²) in [5.74, 6) is 0.570. The summed E-state index contributed by atoms with van der Waals surface area (Å²) in [4.78, 5) is 11.7. The normalized spacial score (nSPS) is 17.3. The molecule has 0 radical (unpaired) electrons. The molecule has 4 nitrogen and oxygen atoms in total. The van der Waals surface area contributed by atoms with Crippen LogP contribution in [0.4, 0.5) is 0 Å². The van der Waals surface area contributed by atoms with E-state index in [4.69, 9.17) is 4.74 Å². The number of benzene rings is 1. The van der Waals surface area contributed by atoms with Gasteiger partial charge in [-0.25, -0.2) is 0 Å². The molecule has 0 saturated heterocycles. The van der Waals surface area contributed by atoms with E-state index in [1.807, 2.05) is 24.3 Å². The van der Waals surface area contributed by atoms with Crippen molar-refractivity contribution >= 4 is 12.0 Å². The van der Waals surface area contributed by atoms with Gasteiger partial charge in [0.2, 0.25) is 5.91 Å². The second-order valence-corrected chi connectivity index (χ2v) is 5.26. The van der Waals surface area contributed by atoms with Crippen LogP contribution in [-0.2, 0) is 4.79 Å². The Morgan fingerprint density at radius 1 is 1.45 bits per heavy atom. The smallest absolute Gasteiger partial charge is 0.244 e. The molecule has 0 spiro atoms. The summed E-state index contributed by atoms with van der Waals surface area (Å²) in [6.45, 7) is 0.328. The molecule has 108 valence electrons. The van der Waals surface area contributed by atoms with Crippen molar-refractivity contribution in [3.63, 3.8) is 0 Å². The highest BCUT2D eigenvalue weighted by Crippen LogP contribution is 2.28. The number of carbonyl (C=O) groups excluding carboxylic acids is 1. The van der Waals surface area contributed by atoms with Gasteiger partial charge in [-0.1, -0.05) is 25.0 Å². The molecule has 1 aliphatic rings. The van der Waals surface area contributed by atoms with Crippen LogP contribution in [0.25, 0.3) is 6.08 Å². The number of amides is 1. The quantitative estimate of drug-likeness (QED) is 0.809. The highest BCUT2D eigenvalue weighted by atomic mass is 16.5. The van der Waals surface area contributed by atoms with Crippen LogP contribution in [0.15, 0.2) is 30.3 Å². The molecule has 1 aliphatic carbocycles. The molecule has 2 rings (SSSR count). The summed E-state index contributed by atoms with van der Waals surface area (Å²) < 4.78 is 5.12. The zero-order valence-corrected chi connectivity index (χ0v) is 11.8. The Kier molecular flexibility index (Phi) is 4.79. The van der Waals surface area contributed by atoms with E-state index in [0.717, 1.165) is 37.0 Å². The zero-order chi connectivity index (χ0) is 14.4. The van der Waals surface area contributed by atoms with Crippen LogP contribution in [0, 0.1) is 0 Å². The number of aliphatic hydroxyl groups is 1. The third kappa shape index (κ3) is 4.10. The standard InChI is InChI=1S/C16H21NO3/c1-20-14-6-4-5-13(11-14)7-8-15(18)17-12-16(19)9-2-3-10-16/h4-8,11,19H,2-3,9-10,12H2,1H3,(H,17,18). The van der Waals surface area contributed by atoms with Crippen molar-refractivity contribution in [2.24, 2.45) is 0 Å². The third-order valence-corrected chi connectivity index (χ3v) is 3.65. The number of methoxy groups -OCH3 is 1. The van der Waals surface area contributed by atoms with Crippen molar-refractivity contribution < 1.29 is 14.6 Å². The Morgan fingerprint density at radius 3 is 2.90 bits per heavy atom. The average Bonchev–Trinajstić information content (AvgIpc) is 2.90. The van der Waals surface area contributed by atoms with Crippen LogP contribution in [0.1, 0.15) is 31.2 Å². The molecular weight excluding hydrogens is 254 g/mol. The van der Waals surface area contributed by atoms with Gasteiger partial charge in [-0.05, 0) is 36.6 Å². The second-order valence-electron chi connectivity index (χ2n) is 5.26. The molecule has 0 aliphatic heterocycles. The lowest BCUT2D eigenvalue weighted by molar-refractivity contribution is -0.117. The first kappa shape index (κ1) is 14.6. The SMILES string of the molecule is COc1cccc(C=CC(=O)NCC2(O)CCCC2)c1. The molecule has 1 saturated carbocycles. The van der Waals surface area contributed by atoms with Gasteiger partial charge in [0.15, 0.2) is 0 Å². The van der Waals surface area contributed by atoms with E-state index in [1.54, 1.807) is 13.2 Å². The molecule has 1 aromatic carbocycles. The maximum absolute atomic E-state index is 11.7. The Hall–Kier alpha value is -1.81. The second kappa shape index (κ2) is 6.57. The summed E-state index contributed by atoms with van der Waals surface area (Å²) in [6.07, 6.45) is 6.82. The van der Waals surface area contributed by atoms with Crippen molar-refractivity contribution in [3.8, 4) is 5.75 Å². The van der Waals surface area contributed by atoms with Gasteiger partial charge in [-0.15, -0.1) is 0 Å². The molecule has 1 aromatic rings. The van der Waals surface area contributed by atoms with Crippen molar-refractivity contribution in [2.45, 2.75) is 31.3 Å². The van der Waals surface area contributed by atoms with Crippen molar-refractivity contribution in [2.75, 3.05) is 13.7 Å². The molecule has 0 aromatic heterocycles. The molecule has 1 amide bonds. The van der Waals surface area contributed by atoms with Crippen LogP contribution in [0.3, 0.4) is 0 Å². The molecule has 0 atom stereocenters. The topological polar surface area (TPSA) is 58.6 Å². The van der Waals surface area contributed by atoms with E-state index in [2.05, 4.69) is 5.32 Å². The predicted molar refractivity (Wildman–Crippen MR) is 78.5 cm³/mol. The van der Waals surface area contributed by atoms with Gasteiger partial charge in [0.25, 0.3) is 0 Å². The van der Waals surface area contributed by atoms with E-state index in [-0.39, 0.29) is 5.91 Å². The predicted octanol–water partition coefficient (Wildman–Crippen LogP) is 2.13. The number of rotatable bonds is 5. The summed E-state index contributed by atoms with van der Waals surface area (Å²) in [6, 6.07) is 7.48. The van der Waals surface area contributed by atoms with Crippen LogP contribution in [0.2, 0.25) is 0 Å². The third-order valence-electron chi connectivity index (χ3n) is 3.65. The van der Waals surface area contributed by atoms with Crippen molar-refractivity contribution in [1.29, 1.82) is 0 Å². The first-order valence-corrected chi connectivity index (χ1v) is 6.94. The molecule has 0 bridgehead atoms. The van der Waals surface area contributed by atoms with Gasteiger partial charge in [-0.2, -0.15) is 0 Å². The number of nitrogens with one attached hydrogen (secondary N) is 1. The molecule has 2 N–H and O–H groups in total. The van der Waals surface area contributed by atoms with Gasteiger partial charge >= 0.3 is 0 Å². The van der Waals surface area contributed by atoms with Crippen molar-refractivity contribution in [1.82, 2.24) is 5.32 Å². The average molecular weight is 275 g/mol. The van der Waals surface area contributed by atoms with Gasteiger partial charge in [0, 0.05) is 12.6 Å². The van der Waals surface area contributed by atoms with Crippen LogP contribution < -0.4 is 10.1 Å². The van der Waals surface area contributed by atoms with Gasteiger partial charge in [0.1, 0.15) is 5.75 Å². The first-order valence-electron chi connectivity index (χ1n) is 6.94. The zero-order valence-electron chi connectivity index (χ0n) is 11.8. The lowest BCUT2D eigenvalue weighted by Gasteiger charge is -2.21. The molecule has 0 unspecified atom stereocenters. The fourth-order valence-corrected chi connectivity index (χ4v) is 2.44. The summed E-state index contributed by atoms with van der Waals surface area (Å²) in [7, 11) is 1.61. The minimum absolute atomic E-state index is 0.187.